The van der Waals surface area contributed by atoms with E-state index in [1.807, 2.05) is 0 Å². The number of nitrogens with zero attached hydrogens (tertiary/aromatic N) is 4. The van der Waals surface area contributed by atoms with Gasteiger partial charge in [0.2, 0.25) is 0 Å². The molecule has 1 aliphatic heterocycles. The Balaban J connectivity index is 1.52. The second-order valence-corrected chi connectivity index (χ2v) is 6.20. The third-order valence-corrected chi connectivity index (χ3v) is 4.56. The highest BCUT2D eigenvalue weighted by Gasteiger charge is 2.30. The first kappa shape index (κ1) is 15.4. The van der Waals surface area contributed by atoms with Gasteiger partial charge >= 0.3 is 0 Å². The highest BCUT2D eigenvalue weighted by molar-refractivity contribution is 5.99. The van der Waals surface area contributed by atoms with Crippen LogP contribution in [-0.2, 0) is 0 Å². The summed E-state index contributed by atoms with van der Waals surface area (Å²) < 4.78 is 0. The SMILES string of the molecule is O=C(c1ccccn1)C1CCCN(C(=O)c2ccc3n[nH]nc3c2)C1. The summed E-state index contributed by atoms with van der Waals surface area (Å²) >= 11 is 0. The maximum Gasteiger partial charge on any atom is 0.253 e. The zero-order valence-electron chi connectivity index (χ0n) is 13.6. The number of pyridine rings is 1. The topological polar surface area (TPSA) is 91.8 Å². The molecule has 7 nitrogen and oxygen atoms in total. The van der Waals surface area contributed by atoms with E-state index < -0.39 is 0 Å². The Morgan fingerprint density at radius 1 is 1.12 bits per heavy atom. The van der Waals surface area contributed by atoms with Crippen LogP contribution in [0, 0.1) is 5.92 Å². The van der Waals surface area contributed by atoms with Gasteiger partial charge in [0.25, 0.3) is 5.91 Å². The van der Waals surface area contributed by atoms with Gasteiger partial charge in [-0.15, -0.1) is 0 Å². The van der Waals surface area contributed by atoms with E-state index in [1.54, 1.807) is 47.5 Å². The first-order valence-corrected chi connectivity index (χ1v) is 8.27. The largest absolute Gasteiger partial charge is 0.338 e. The van der Waals surface area contributed by atoms with E-state index in [1.165, 1.54) is 0 Å². The lowest BCUT2D eigenvalue weighted by molar-refractivity contribution is 0.0635. The molecule has 0 bridgehead atoms. The van der Waals surface area contributed by atoms with Crippen LogP contribution in [0.1, 0.15) is 33.7 Å². The van der Waals surface area contributed by atoms with Crippen molar-refractivity contribution in [2.24, 2.45) is 5.92 Å². The number of hydrogen-bond donors (Lipinski definition) is 1. The highest BCUT2D eigenvalue weighted by atomic mass is 16.2. The number of fused-ring (bicyclic) bond motifs is 1. The van der Waals surface area contributed by atoms with Crippen molar-refractivity contribution in [2.45, 2.75) is 12.8 Å². The zero-order valence-corrected chi connectivity index (χ0v) is 13.6. The van der Waals surface area contributed by atoms with Crippen molar-refractivity contribution in [1.29, 1.82) is 0 Å². The summed E-state index contributed by atoms with van der Waals surface area (Å²) in [4.78, 5) is 31.3. The summed E-state index contributed by atoms with van der Waals surface area (Å²) in [5, 5.41) is 10.6. The van der Waals surface area contributed by atoms with Gasteiger partial charge in [-0.05, 0) is 43.2 Å². The number of nitrogens with one attached hydrogen (secondary N) is 1. The van der Waals surface area contributed by atoms with Crippen molar-refractivity contribution in [3.63, 3.8) is 0 Å². The van der Waals surface area contributed by atoms with Crippen molar-refractivity contribution < 1.29 is 9.59 Å². The molecule has 25 heavy (non-hydrogen) atoms. The molecule has 0 saturated carbocycles. The van der Waals surface area contributed by atoms with Gasteiger partial charge in [0, 0.05) is 30.8 Å². The number of aromatic nitrogens is 4. The molecular formula is C18H17N5O2. The third-order valence-electron chi connectivity index (χ3n) is 4.56. The van der Waals surface area contributed by atoms with Gasteiger partial charge in [-0.3, -0.25) is 14.6 Å². The number of amides is 1. The van der Waals surface area contributed by atoms with Crippen LogP contribution in [0.4, 0.5) is 0 Å². The first-order chi connectivity index (χ1) is 12.2. The lowest BCUT2D eigenvalue weighted by atomic mass is 9.91. The average Bonchev–Trinajstić information content (AvgIpc) is 3.15. The van der Waals surface area contributed by atoms with Gasteiger partial charge in [0.15, 0.2) is 5.78 Å². The van der Waals surface area contributed by atoms with E-state index in [0.29, 0.717) is 29.9 Å². The number of hydrogen-bond acceptors (Lipinski definition) is 5. The fourth-order valence-corrected chi connectivity index (χ4v) is 3.25. The quantitative estimate of drug-likeness (QED) is 0.740. The fourth-order valence-electron chi connectivity index (χ4n) is 3.25. The second kappa shape index (κ2) is 6.43. The molecule has 0 aliphatic carbocycles. The molecule has 1 unspecified atom stereocenters. The number of rotatable bonds is 3. The fraction of sp³-hybridized carbons (Fsp3) is 0.278. The predicted molar refractivity (Wildman–Crippen MR) is 91.1 cm³/mol. The van der Waals surface area contributed by atoms with Crippen LogP contribution in [0.15, 0.2) is 42.6 Å². The summed E-state index contributed by atoms with van der Waals surface area (Å²) in [6.45, 7) is 1.08. The van der Waals surface area contributed by atoms with Crippen molar-refractivity contribution >= 4 is 22.7 Å². The van der Waals surface area contributed by atoms with E-state index in [0.717, 1.165) is 18.4 Å². The molecule has 0 radical (unpaired) electrons. The van der Waals surface area contributed by atoms with E-state index in [9.17, 15) is 9.59 Å². The minimum absolute atomic E-state index is 0.00468. The Morgan fingerprint density at radius 2 is 2.00 bits per heavy atom. The number of piperidine rings is 1. The number of likely N-dealkylation sites (tertiary alicyclic amines) is 1. The Morgan fingerprint density at radius 3 is 2.84 bits per heavy atom. The minimum Gasteiger partial charge on any atom is -0.338 e. The van der Waals surface area contributed by atoms with Crippen molar-refractivity contribution in [1.82, 2.24) is 25.3 Å². The molecule has 1 aliphatic rings. The minimum atomic E-state index is -0.205. The van der Waals surface area contributed by atoms with Crippen LogP contribution in [-0.4, -0.2) is 50.1 Å². The average molecular weight is 335 g/mol. The van der Waals surface area contributed by atoms with E-state index in [4.69, 9.17) is 0 Å². The number of ketones is 1. The summed E-state index contributed by atoms with van der Waals surface area (Å²) in [5.74, 6) is -0.281. The van der Waals surface area contributed by atoms with Crippen LogP contribution in [0.5, 0.6) is 0 Å². The molecule has 1 atom stereocenters. The highest BCUT2D eigenvalue weighted by Crippen LogP contribution is 2.22. The van der Waals surface area contributed by atoms with Gasteiger partial charge in [-0.1, -0.05) is 6.07 Å². The smallest absolute Gasteiger partial charge is 0.253 e. The Kier molecular flexibility index (Phi) is 3.97. The Labute approximate surface area is 144 Å². The van der Waals surface area contributed by atoms with Crippen LogP contribution < -0.4 is 0 Å². The predicted octanol–water partition coefficient (Wildman–Crippen LogP) is 2.09. The third kappa shape index (κ3) is 3.00. The summed E-state index contributed by atoms with van der Waals surface area (Å²) in [7, 11) is 0. The normalized spacial score (nSPS) is 17.6. The Bertz CT molecular complexity index is 921. The zero-order chi connectivity index (χ0) is 17.2. The monoisotopic (exact) mass is 335 g/mol. The van der Waals surface area contributed by atoms with Gasteiger partial charge in [-0.25, -0.2) is 0 Å². The van der Waals surface area contributed by atoms with Crippen molar-refractivity contribution in [3.05, 3.63) is 53.9 Å². The molecule has 1 N–H and O–H groups in total. The van der Waals surface area contributed by atoms with Crippen LogP contribution in [0.25, 0.3) is 11.0 Å². The van der Waals surface area contributed by atoms with Gasteiger partial charge < -0.3 is 4.90 Å². The molecule has 0 spiro atoms. The molecule has 126 valence electrons. The molecule has 3 aromatic rings. The summed E-state index contributed by atoms with van der Waals surface area (Å²) in [6, 6.07) is 10.6. The number of Topliss-reactive ketones (excluding diaryl/α,β-unsaturated/α-hetero) is 1. The summed E-state index contributed by atoms with van der Waals surface area (Å²) in [5.41, 5.74) is 2.40. The van der Waals surface area contributed by atoms with Crippen molar-refractivity contribution in [3.8, 4) is 0 Å². The van der Waals surface area contributed by atoms with Crippen molar-refractivity contribution in [2.75, 3.05) is 13.1 Å². The van der Waals surface area contributed by atoms with Crippen LogP contribution in [0.2, 0.25) is 0 Å². The second-order valence-electron chi connectivity index (χ2n) is 6.20. The van der Waals surface area contributed by atoms with Gasteiger partial charge in [0.1, 0.15) is 16.7 Å². The van der Waals surface area contributed by atoms with Crippen LogP contribution >= 0.6 is 0 Å². The number of carbonyl (C=O) groups excluding carboxylic acids is 2. The maximum atomic E-state index is 12.8. The molecular weight excluding hydrogens is 318 g/mol. The lowest BCUT2D eigenvalue weighted by Gasteiger charge is -2.32. The number of H-pyrrole nitrogens is 1. The molecule has 3 heterocycles. The molecule has 4 rings (SSSR count). The first-order valence-electron chi connectivity index (χ1n) is 8.27. The number of benzene rings is 1. The number of carbonyl (C=O) groups is 2. The van der Waals surface area contributed by atoms with Gasteiger partial charge in [0.05, 0.1) is 0 Å². The number of aromatic amines is 1. The molecule has 1 saturated heterocycles. The molecule has 1 aromatic carbocycles. The molecule has 1 fully saturated rings. The van der Waals surface area contributed by atoms with E-state index in [-0.39, 0.29) is 17.6 Å². The van der Waals surface area contributed by atoms with Crippen LogP contribution in [0.3, 0.4) is 0 Å². The van der Waals surface area contributed by atoms with Gasteiger partial charge in [-0.2, -0.15) is 15.4 Å². The van der Waals surface area contributed by atoms with E-state index in [2.05, 4.69) is 20.4 Å². The van der Waals surface area contributed by atoms with E-state index >= 15 is 0 Å². The maximum absolute atomic E-state index is 12.8. The molecule has 1 amide bonds. The standard InChI is InChI=1S/C18H17N5O2/c24-17(15-5-1-2-8-19-15)13-4-3-9-23(11-13)18(25)12-6-7-14-16(10-12)21-22-20-14/h1-2,5-8,10,13H,3-4,9,11H2,(H,20,21,22). The molecule has 7 heteroatoms. The lowest BCUT2D eigenvalue weighted by Crippen LogP contribution is -2.42. The molecule has 2 aromatic heterocycles. The summed E-state index contributed by atoms with van der Waals surface area (Å²) in [6.07, 6.45) is 3.20. The Hall–Kier alpha value is -3.09.